The molecule has 2 aromatic carbocycles. The molecule has 0 aromatic heterocycles. The minimum Gasteiger partial charge on any atom is -0.366 e. The largest absolute Gasteiger partial charge is 0.366 e. The third kappa shape index (κ3) is 3.38. The monoisotopic (exact) mass is 373 g/mol. The van der Waals surface area contributed by atoms with E-state index in [4.69, 9.17) is 11.5 Å². The van der Waals surface area contributed by atoms with Crippen LogP contribution < -0.4 is 11.5 Å². The lowest BCUT2D eigenvalue weighted by Crippen LogP contribution is -2.30. The second-order valence-electron chi connectivity index (χ2n) is 6.68. The van der Waals surface area contributed by atoms with Crippen molar-refractivity contribution in [3.05, 3.63) is 65.2 Å². The SMILES string of the molecule is Cc1ccc(S(=O)(=O)N2C[C@@H](CN)[C@H](c3ccccc3)C2)cc1C(N)=O. The second-order valence-corrected chi connectivity index (χ2v) is 8.61. The van der Waals surface area contributed by atoms with Gasteiger partial charge in [-0.25, -0.2) is 8.42 Å². The minimum absolute atomic E-state index is 0.0493. The van der Waals surface area contributed by atoms with Crippen LogP contribution in [0, 0.1) is 12.8 Å². The van der Waals surface area contributed by atoms with E-state index < -0.39 is 15.9 Å². The molecular weight excluding hydrogens is 350 g/mol. The van der Waals surface area contributed by atoms with Crippen molar-refractivity contribution in [2.45, 2.75) is 17.7 Å². The Bertz CT molecular complexity index is 913. The second kappa shape index (κ2) is 7.19. The van der Waals surface area contributed by atoms with E-state index >= 15 is 0 Å². The van der Waals surface area contributed by atoms with Gasteiger partial charge < -0.3 is 11.5 Å². The van der Waals surface area contributed by atoms with Gasteiger partial charge in [0.15, 0.2) is 0 Å². The van der Waals surface area contributed by atoms with Gasteiger partial charge in [-0.15, -0.1) is 0 Å². The number of hydrogen-bond donors (Lipinski definition) is 2. The zero-order chi connectivity index (χ0) is 18.9. The van der Waals surface area contributed by atoms with Crippen LogP contribution in [0.2, 0.25) is 0 Å². The molecule has 4 N–H and O–H groups in total. The third-order valence-electron chi connectivity index (χ3n) is 5.05. The van der Waals surface area contributed by atoms with Crippen LogP contribution in [0.3, 0.4) is 0 Å². The quantitative estimate of drug-likeness (QED) is 0.827. The molecule has 2 aromatic rings. The topological polar surface area (TPSA) is 106 Å². The zero-order valence-electron chi connectivity index (χ0n) is 14.6. The van der Waals surface area contributed by atoms with E-state index in [-0.39, 0.29) is 22.3 Å². The highest BCUT2D eigenvalue weighted by molar-refractivity contribution is 7.89. The van der Waals surface area contributed by atoms with Crippen LogP contribution in [0.4, 0.5) is 0 Å². The predicted molar refractivity (Wildman–Crippen MR) is 100 cm³/mol. The van der Waals surface area contributed by atoms with E-state index in [2.05, 4.69) is 0 Å². The molecule has 1 fully saturated rings. The first-order chi connectivity index (χ1) is 12.3. The molecular formula is C19H23N3O3S. The van der Waals surface area contributed by atoms with Crippen LogP contribution in [0.5, 0.6) is 0 Å². The number of carbonyl (C=O) groups excluding carboxylic acids is 1. The Hall–Kier alpha value is -2.22. The van der Waals surface area contributed by atoms with Gasteiger partial charge in [0.25, 0.3) is 0 Å². The Balaban J connectivity index is 1.93. The number of rotatable bonds is 5. The smallest absolute Gasteiger partial charge is 0.249 e. The van der Waals surface area contributed by atoms with Gasteiger partial charge in [-0.3, -0.25) is 4.79 Å². The van der Waals surface area contributed by atoms with E-state index in [1.807, 2.05) is 30.3 Å². The number of carbonyl (C=O) groups is 1. The summed E-state index contributed by atoms with van der Waals surface area (Å²) in [6.07, 6.45) is 0. The maximum atomic E-state index is 13.1. The number of amides is 1. The number of sulfonamides is 1. The fourth-order valence-corrected chi connectivity index (χ4v) is 5.07. The van der Waals surface area contributed by atoms with E-state index in [9.17, 15) is 13.2 Å². The molecule has 3 rings (SSSR count). The van der Waals surface area contributed by atoms with Crippen molar-refractivity contribution in [3.63, 3.8) is 0 Å². The number of aryl methyl sites for hydroxylation is 1. The fraction of sp³-hybridized carbons (Fsp3) is 0.316. The molecule has 26 heavy (non-hydrogen) atoms. The van der Waals surface area contributed by atoms with E-state index in [0.717, 1.165) is 5.56 Å². The van der Waals surface area contributed by atoms with Crippen LogP contribution in [0.25, 0.3) is 0 Å². The fourth-order valence-electron chi connectivity index (χ4n) is 3.52. The van der Waals surface area contributed by atoms with Gasteiger partial charge >= 0.3 is 0 Å². The molecule has 1 aliphatic heterocycles. The maximum Gasteiger partial charge on any atom is 0.249 e. The van der Waals surface area contributed by atoms with Crippen molar-refractivity contribution in [1.29, 1.82) is 0 Å². The lowest BCUT2D eigenvalue weighted by atomic mass is 9.89. The lowest BCUT2D eigenvalue weighted by Gasteiger charge is -2.17. The molecule has 0 aliphatic carbocycles. The van der Waals surface area contributed by atoms with Crippen LogP contribution in [0.15, 0.2) is 53.4 Å². The highest BCUT2D eigenvalue weighted by Crippen LogP contribution is 2.35. The van der Waals surface area contributed by atoms with Crippen LogP contribution in [0.1, 0.15) is 27.4 Å². The molecule has 2 atom stereocenters. The first-order valence-corrected chi connectivity index (χ1v) is 9.94. The van der Waals surface area contributed by atoms with Gasteiger partial charge in [0.1, 0.15) is 0 Å². The third-order valence-corrected chi connectivity index (χ3v) is 6.88. The highest BCUT2D eigenvalue weighted by atomic mass is 32.2. The summed E-state index contributed by atoms with van der Waals surface area (Å²) < 4.78 is 27.6. The van der Waals surface area contributed by atoms with Crippen molar-refractivity contribution < 1.29 is 13.2 Å². The van der Waals surface area contributed by atoms with Gasteiger partial charge in [0.2, 0.25) is 15.9 Å². The Morgan fingerprint density at radius 3 is 2.46 bits per heavy atom. The maximum absolute atomic E-state index is 13.1. The van der Waals surface area contributed by atoms with Gasteiger partial charge in [-0.05, 0) is 42.6 Å². The van der Waals surface area contributed by atoms with Gasteiger partial charge in [-0.1, -0.05) is 36.4 Å². The zero-order valence-corrected chi connectivity index (χ0v) is 15.4. The molecule has 1 amide bonds. The molecule has 0 bridgehead atoms. The predicted octanol–water partition coefficient (Wildman–Crippen LogP) is 1.46. The summed E-state index contributed by atoms with van der Waals surface area (Å²) in [4.78, 5) is 11.6. The molecule has 1 saturated heterocycles. The van der Waals surface area contributed by atoms with Crippen molar-refractivity contribution in [3.8, 4) is 0 Å². The average molecular weight is 373 g/mol. The molecule has 6 nitrogen and oxygen atoms in total. The normalized spacial score (nSPS) is 21.0. The highest BCUT2D eigenvalue weighted by Gasteiger charge is 2.39. The number of benzene rings is 2. The first kappa shape index (κ1) is 18.6. The van der Waals surface area contributed by atoms with Crippen molar-refractivity contribution >= 4 is 15.9 Å². The van der Waals surface area contributed by atoms with E-state index in [1.165, 1.54) is 16.4 Å². The van der Waals surface area contributed by atoms with E-state index in [0.29, 0.717) is 25.2 Å². The molecule has 1 heterocycles. The first-order valence-electron chi connectivity index (χ1n) is 8.50. The van der Waals surface area contributed by atoms with Crippen molar-refractivity contribution in [2.24, 2.45) is 17.4 Å². The lowest BCUT2D eigenvalue weighted by molar-refractivity contribution is 0.0999. The standard InChI is InChI=1S/C19H23N3O3S/c1-13-7-8-16(9-17(13)19(21)23)26(24,25)22-11-15(10-20)18(12-22)14-5-3-2-4-6-14/h2-9,15,18H,10-12,20H2,1H3,(H2,21,23)/t15-,18+/m1/s1. The molecule has 0 spiro atoms. The Morgan fingerprint density at radius 2 is 1.85 bits per heavy atom. The number of nitrogens with two attached hydrogens (primary N) is 2. The summed E-state index contributed by atoms with van der Waals surface area (Å²) in [5.74, 6) is -0.534. The molecule has 0 radical (unpaired) electrons. The van der Waals surface area contributed by atoms with Gasteiger partial charge in [0.05, 0.1) is 4.90 Å². The van der Waals surface area contributed by atoms with Crippen molar-refractivity contribution in [2.75, 3.05) is 19.6 Å². The summed E-state index contributed by atoms with van der Waals surface area (Å²) >= 11 is 0. The summed E-state index contributed by atoms with van der Waals surface area (Å²) in [5.41, 5.74) is 13.2. The summed E-state index contributed by atoms with van der Waals surface area (Å²) in [6.45, 7) is 2.86. The molecule has 7 heteroatoms. The van der Waals surface area contributed by atoms with E-state index in [1.54, 1.807) is 13.0 Å². The Labute approximate surface area is 153 Å². The Kier molecular flexibility index (Phi) is 5.13. The minimum atomic E-state index is -3.73. The van der Waals surface area contributed by atoms with Crippen LogP contribution in [-0.2, 0) is 10.0 Å². The molecule has 1 aliphatic rings. The van der Waals surface area contributed by atoms with Gasteiger partial charge in [-0.2, -0.15) is 4.31 Å². The summed E-state index contributed by atoms with van der Waals surface area (Å²) in [7, 11) is -3.73. The van der Waals surface area contributed by atoms with Crippen LogP contribution >= 0.6 is 0 Å². The number of hydrogen-bond acceptors (Lipinski definition) is 4. The molecule has 138 valence electrons. The van der Waals surface area contributed by atoms with Crippen LogP contribution in [-0.4, -0.2) is 38.3 Å². The number of primary amides is 1. The summed E-state index contributed by atoms with van der Waals surface area (Å²) in [6, 6.07) is 14.3. The molecule has 0 unspecified atom stereocenters. The molecule has 0 saturated carbocycles. The Morgan fingerprint density at radius 1 is 1.15 bits per heavy atom. The number of nitrogens with zero attached hydrogens (tertiary/aromatic N) is 1. The average Bonchev–Trinajstić information content (AvgIpc) is 3.07. The van der Waals surface area contributed by atoms with Crippen molar-refractivity contribution in [1.82, 2.24) is 4.31 Å². The summed E-state index contributed by atoms with van der Waals surface area (Å²) in [5, 5.41) is 0. The van der Waals surface area contributed by atoms with Gasteiger partial charge in [0, 0.05) is 24.6 Å².